The van der Waals surface area contributed by atoms with E-state index in [4.69, 9.17) is 14.1 Å². The van der Waals surface area contributed by atoms with Crippen molar-refractivity contribution in [2.24, 2.45) is 4.99 Å². The Balaban J connectivity index is 1.55. The largest absolute Gasteiger partial charge is 0.449 e. The van der Waals surface area contributed by atoms with E-state index in [0.717, 1.165) is 42.2 Å². The van der Waals surface area contributed by atoms with Crippen molar-refractivity contribution in [3.8, 4) is 0 Å². The fourth-order valence-electron chi connectivity index (χ4n) is 3.10. The lowest BCUT2D eigenvalue weighted by atomic mass is 10.2. The molecule has 2 aromatic rings. The van der Waals surface area contributed by atoms with Gasteiger partial charge in [0.1, 0.15) is 5.76 Å². The highest BCUT2D eigenvalue weighted by Gasteiger charge is 2.32. The number of amidine groups is 1. The molecule has 0 radical (unpaired) electrons. The van der Waals surface area contributed by atoms with E-state index in [2.05, 4.69) is 48.9 Å². The zero-order valence-corrected chi connectivity index (χ0v) is 19.7. The van der Waals surface area contributed by atoms with Crippen LogP contribution in [0.25, 0.3) is 6.08 Å². The van der Waals surface area contributed by atoms with Crippen LogP contribution >= 0.6 is 43.6 Å². The lowest BCUT2D eigenvalue weighted by molar-refractivity contribution is -0.122. The summed E-state index contributed by atoms with van der Waals surface area (Å²) >= 11 is 8.07. The van der Waals surface area contributed by atoms with Gasteiger partial charge in [-0.25, -0.2) is 4.99 Å². The number of halogens is 2. The minimum Gasteiger partial charge on any atom is -0.449 e. The molecule has 2 aliphatic heterocycles. The molecule has 0 N–H and O–H groups in total. The number of rotatable bonds is 4. The van der Waals surface area contributed by atoms with Crippen molar-refractivity contribution in [3.05, 3.63) is 50.1 Å². The third-order valence-corrected chi connectivity index (χ3v) is 7.31. The Morgan fingerprint density at radius 3 is 2.55 bits per heavy atom. The highest BCUT2D eigenvalue weighted by molar-refractivity contribution is 9.13. The van der Waals surface area contributed by atoms with Gasteiger partial charge in [-0.05, 0) is 80.9 Å². The highest BCUT2D eigenvalue weighted by Crippen LogP contribution is 2.36. The molecule has 0 spiro atoms. The summed E-state index contributed by atoms with van der Waals surface area (Å²) in [5.41, 5.74) is 1.98. The molecule has 0 bridgehead atoms. The molecule has 4 rings (SSSR count). The molecule has 3 heterocycles. The summed E-state index contributed by atoms with van der Waals surface area (Å²) < 4.78 is 12.4. The molecule has 1 aromatic heterocycles. The fourth-order valence-corrected chi connectivity index (χ4v) is 4.75. The van der Waals surface area contributed by atoms with Gasteiger partial charge in [0.2, 0.25) is 0 Å². The van der Waals surface area contributed by atoms with Crippen LogP contribution < -0.4 is 4.90 Å². The number of furan rings is 1. The van der Waals surface area contributed by atoms with Gasteiger partial charge in [0.05, 0.1) is 28.3 Å². The standard InChI is InChI=1S/C20H19Br2N3O3S/c1-2-25-19(26)17(12-15-11-16(21)18(22)28-15)29-20(25)23-13-3-5-14(6-4-13)24-7-9-27-10-8-24/h3-6,11-12H,2,7-10H2,1H3/b17-12-,23-20?. The highest BCUT2D eigenvalue weighted by atomic mass is 79.9. The van der Waals surface area contributed by atoms with Crippen molar-refractivity contribution < 1.29 is 13.9 Å². The average Bonchev–Trinajstić information content (AvgIpc) is 3.21. The number of aliphatic imine (C=N–C) groups is 1. The minimum absolute atomic E-state index is 0.0650. The van der Waals surface area contributed by atoms with Crippen molar-refractivity contribution in [1.82, 2.24) is 4.90 Å². The molecule has 0 saturated carbocycles. The van der Waals surface area contributed by atoms with Gasteiger partial charge < -0.3 is 14.1 Å². The van der Waals surface area contributed by atoms with Gasteiger partial charge in [-0.1, -0.05) is 0 Å². The molecule has 29 heavy (non-hydrogen) atoms. The number of amides is 1. The van der Waals surface area contributed by atoms with Crippen LogP contribution in [0, 0.1) is 0 Å². The second-order valence-corrected chi connectivity index (χ2v) is 9.02. The lowest BCUT2D eigenvalue weighted by Crippen LogP contribution is -2.36. The second-order valence-electron chi connectivity index (χ2n) is 6.44. The van der Waals surface area contributed by atoms with Crippen molar-refractivity contribution in [1.29, 1.82) is 0 Å². The third-order valence-electron chi connectivity index (χ3n) is 4.59. The van der Waals surface area contributed by atoms with E-state index in [1.54, 1.807) is 11.0 Å². The van der Waals surface area contributed by atoms with Crippen molar-refractivity contribution in [3.63, 3.8) is 0 Å². The van der Waals surface area contributed by atoms with Crippen LogP contribution in [0.5, 0.6) is 0 Å². The Morgan fingerprint density at radius 1 is 1.21 bits per heavy atom. The summed E-state index contributed by atoms with van der Waals surface area (Å²) in [5.74, 6) is 0.539. The van der Waals surface area contributed by atoms with Gasteiger partial charge in [-0.2, -0.15) is 0 Å². The van der Waals surface area contributed by atoms with Crippen LogP contribution in [0.1, 0.15) is 12.7 Å². The molecular formula is C20H19Br2N3O3S. The Bertz CT molecular complexity index is 946. The predicted molar refractivity (Wildman–Crippen MR) is 124 cm³/mol. The number of hydrogen-bond donors (Lipinski definition) is 0. The second kappa shape index (κ2) is 9.07. The van der Waals surface area contributed by atoms with Crippen LogP contribution in [0.3, 0.4) is 0 Å². The van der Waals surface area contributed by atoms with Crippen LogP contribution in [-0.4, -0.2) is 48.8 Å². The van der Waals surface area contributed by atoms with Crippen molar-refractivity contribution in [2.45, 2.75) is 6.92 Å². The van der Waals surface area contributed by atoms with Gasteiger partial charge in [0.25, 0.3) is 5.91 Å². The fraction of sp³-hybridized carbons (Fsp3) is 0.300. The van der Waals surface area contributed by atoms with E-state index in [-0.39, 0.29) is 5.91 Å². The van der Waals surface area contributed by atoms with Gasteiger partial charge in [-0.15, -0.1) is 0 Å². The van der Waals surface area contributed by atoms with Gasteiger partial charge in [0.15, 0.2) is 9.84 Å². The summed E-state index contributed by atoms with van der Waals surface area (Å²) in [5, 5.41) is 0.674. The molecule has 152 valence electrons. The number of morpholine rings is 1. The maximum atomic E-state index is 12.8. The van der Waals surface area contributed by atoms with Crippen LogP contribution in [0.2, 0.25) is 0 Å². The van der Waals surface area contributed by atoms with E-state index in [9.17, 15) is 4.79 Å². The maximum absolute atomic E-state index is 12.8. The number of carbonyl (C=O) groups excluding carboxylic acids is 1. The van der Waals surface area contributed by atoms with E-state index in [0.29, 0.717) is 27.0 Å². The molecule has 1 amide bonds. The molecule has 0 unspecified atom stereocenters. The Hall–Kier alpha value is -1.55. The number of hydrogen-bond acceptors (Lipinski definition) is 6. The quantitative estimate of drug-likeness (QED) is 0.495. The van der Waals surface area contributed by atoms with Gasteiger partial charge >= 0.3 is 0 Å². The van der Waals surface area contributed by atoms with E-state index >= 15 is 0 Å². The molecule has 6 nitrogen and oxygen atoms in total. The van der Waals surface area contributed by atoms with Crippen LogP contribution in [-0.2, 0) is 9.53 Å². The normalized spacial score (nSPS) is 20.3. The number of nitrogens with zero attached hydrogens (tertiary/aromatic N) is 3. The molecule has 0 atom stereocenters. The number of anilines is 1. The molecule has 0 aliphatic carbocycles. The van der Waals surface area contributed by atoms with Crippen molar-refractivity contribution >= 4 is 72.1 Å². The molecule has 1 aromatic carbocycles. The number of likely N-dealkylation sites (N-methyl/N-ethyl adjacent to an activating group) is 1. The molecule has 2 fully saturated rings. The summed E-state index contributed by atoms with van der Waals surface area (Å²) in [6, 6.07) is 9.92. The molecular weight excluding hydrogens is 522 g/mol. The summed E-state index contributed by atoms with van der Waals surface area (Å²) in [4.78, 5) is 22.0. The first-order chi connectivity index (χ1) is 14.0. The van der Waals surface area contributed by atoms with E-state index < -0.39 is 0 Å². The van der Waals surface area contributed by atoms with Crippen LogP contribution in [0.4, 0.5) is 11.4 Å². The summed E-state index contributed by atoms with van der Waals surface area (Å²) in [6.07, 6.45) is 1.75. The minimum atomic E-state index is -0.0650. The first-order valence-corrected chi connectivity index (χ1v) is 11.6. The monoisotopic (exact) mass is 539 g/mol. The maximum Gasteiger partial charge on any atom is 0.266 e. The van der Waals surface area contributed by atoms with Gasteiger partial charge in [-0.3, -0.25) is 9.69 Å². The summed E-state index contributed by atoms with van der Waals surface area (Å²) in [6.45, 7) is 5.81. The zero-order valence-electron chi connectivity index (χ0n) is 15.7. The molecule has 9 heteroatoms. The smallest absolute Gasteiger partial charge is 0.266 e. The van der Waals surface area contributed by atoms with E-state index in [1.807, 2.05) is 25.1 Å². The molecule has 2 aliphatic rings. The Labute approximate surface area is 190 Å². The summed E-state index contributed by atoms with van der Waals surface area (Å²) in [7, 11) is 0. The SMILES string of the molecule is CCN1C(=O)/C(=C/c2cc(Br)c(Br)o2)SC1=Nc1ccc(N2CCOCC2)cc1. The Kier molecular flexibility index (Phi) is 6.48. The average molecular weight is 541 g/mol. The Morgan fingerprint density at radius 2 is 1.93 bits per heavy atom. The first-order valence-electron chi connectivity index (χ1n) is 9.23. The van der Waals surface area contributed by atoms with Gasteiger partial charge in [0, 0.05) is 31.4 Å². The number of carbonyl (C=O) groups is 1. The van der Waals surface area contributed by atoms with Crippen molar-refractivity contribution in [2.75, 3.05) is 37.7 Å². The topological polar surface area (TPSA) is 58.3 Å². The number of benzene rings is 1. The predicted octanol–water partition coefficient (Wildman–Crippen LogP) is 5.27. The zero-order chi connectivity index (χ0) is 20.4. The number of ether oxygens (including phenoxy) is 1. The van der Waals surface area contributed by atoms with E-state index in [1.165, 1.54) is 11.8 Å². The van der Waals surface area contributed by atoms with Crippen LogP contribution in [0.15, 0.2) is 53.8 Å². The molecule has 2 saturated heterocycles. The lowest BCUT2D eigenvalue weighted by Gasteiger charge is -2.28. The third kappa shape index (κ3) is 4.63. The first kappa shape index (κ1) is 20.7. The number of thioether (sulfide) groups is 1.